The van der Waals surface area contributed by atoms with Crippen LogP contribution in [0.25, 0.3) is 0 Å². The van der Waals surface area contributed by atoms with Crippen LogP contribution in [-0.2, 0) is 4.79 Å². The van der Waals surface area contributed by atoms with E-state index in [-0.39, 0.29) is 5.91 Å². The molecule has 1 heterocycles. The first-order valence-electron chi connectivity index (χ1n) is 8.62. The summed E-state index contributed by atoms with van der Waals surface area (Å²) >= 11 is 0. The van der Waals surface area contributed by atoms with Gasteiger partial charge in [0.15, 0.2) is 0 Å². The smallest absolute Gasteiger partial charge is 0.240 e. The third-order valence-electron chi connectivity index (χ3n) is 5.31. The molecular formula is C17H29N3O. The molecule has 0 unspecified atom stereocenters. The molecule has 1 aliphatic heterocycles. The molecular weight excluding hydrogens is 262 g/mol. The zero-order chi connectivity index (χ0) is 15.1. The Morgan fingerprint density at radius 1 is 1.24 bits per heavy atom. The molecule has 1 saturated heterocycles. The maximum absolute atomic E-state index is 12.5. The minimum Gasteiger partial charge on any atom is -0.354 e. The summed E-state index contributed by atoms with van der Waals surface area (Å²) in [5.74, 6) is 0.572. The van der Waals surface area contributed by atoms with E-state index >= 15 is 0 Å². The van der Waals surface area contributed by atoms with Crippen LogP contribution < -0.4 is 5.32 Å². The zero-order valence-electron chi connectivity index (χ0n) is 13.4. The van der Waals surface area contributed by atoms with E-state index in [1.54, 1.807) is 0 Å². The molecule has 0 aromatic carbocycles. The van der Waals surface area contributed by atoms with Crippen molar-refractivity contribution in [2.45, 2.75) is 58.3 Å². The van der Waals surface area contributed by atoms with E-state index < -0.39 is 5.41 Å². The fourth-order valence-corrected chi connectivity index (χ4v) is 3.63. The van der Waals surface area contributed by atoms with Crippen molar-refractivity contribution in [3.8, 4) is 6.07 Å². The van der Waals surface area contributed by atoms with E-state index in [0.29, 0.717) is 5.92 Å². The van der Waals surface area contributed by atoms with Gasteiger partial charge in [-0.1, -0.05) is 32.6 Å². The number of hydrogen-bond acceptors (Lipinski definition) is 3. The Balaban J connectivity index is 1.82. The summed E-state index contributed by atoms with van der Waals surface area (Å²) < 4.78 is 0. The Hall–Kier alpha value is -1.08. The van der Waals surface area contributed by atoms with E-state index in [9.17, 15) is 10.1 Å². The molecule has 1 aliphatic carbocycles. The van der Waals surface area contributed by atoms with Crippen LogP contribution in [0, 0.1) is 22.7 Å². The number of carbonyl (C=O) groups is 1. The highest BCUT2D eigenvalue weighted by Crippen LogP contribution is 2.34. The minimum atomic E-state index is -0.749. The van der Waals surface area contributed by atoms with Gasteiger partial charge in [-0.15, -0.1) is 0 Å². The molecule has 2 aliphatic rings. The van der Waals surface area contributed by atoms with Gasteiger partial charge in [-0.2, -0.15) is 5.26 Å². The van der Waals surface area contributed by atoms with E-state index in [1.807, 2.05) is 0 Å². The molecule has 21 heavy (non-hydrogen) atoms. The number of likely N-dealkylation sites (tertiary alicyclic amines) is 1. The number of amides is 1. The molecule has 0 aromatic rings. The van der Waals surface area contributed by atoms with E-state index in [0.717, 1.165) is 77.5 Å². The van der Waals surface area contributed by atoms with Gasteiger partial charge in [0, 0.05) is 6.54 Å². The highest BCUT2D eigenvalue weighted by molar-refractivity contribution is 5.85. The van der Waals surface area contributed by atoms with Gasteiger partial charge in [0.2, 0.25) is 5.91 Å². The third-order valence-corrected chi connectivity index (χ3v) is 5.31. The Morgan fingerprint density at radius 3 is 2.38 bits per heavy atom. The first-order valence-corrected chi connectivity index (χ1v) is 8.62. The third kappa shape index (κ3) is 4.20. The molecule has 1 saturated carbocycles. The maximum Gasteiger partial charge on any atom is 0.240 e. The summed E-state index contributed by atoms with van der Waals surface area (Å²) in [7, 11) is 0. The second kappa shape index (κ2) is 7.79. The molecule has 0 spiro atoms. The van der Waals surface area contributed by atoms with Gasteiger partial charge < -0.3 is 10.2 Å². The van der Waals surface area contributed by atoms with E-state index in [1.165, 1.54) is 0 Å². The summed E-state index contributed by atoms with van der Waals surface area (Å²) in [5.41, 5.74) is -0.749. The Labute approximate surface area is 128 Å². The highest BCUT2D eigenvalue weighted by Gasteiger charge is 2.38. The average Bonchev–Trinajstić information content (AvgIpc) is 2.79. The number of piperidine rings is 1. The van der Waals surface area contributed by atoms with Crippen molar-refractivity contribution < 1.29 is 4.79 Å². The summed E-state index contributed by atoms with van der Waals surface area (Å²) in [4.78, 5) is 15.0. The Morgan fingerprint density at radius 2 is 1.86 bits per heavy atom. The van der Waals surface area contributed by atoms with Gasteiger partial charge in [0.05, 0.1) is 6.07 Å². The summed E-state index contributed by atoms with van der Waals surface area (Å²) in [5, 5.41) is 12.6. The van der Waals surface area contributed by atoms with E-state index in [2.05, 4.69) is 23.2 Å². The van der Waals surface area contributed by atoms with Gasteiger partial charge in [-0.05, 0) is 51.2 Å². The van der Waals surface area contributed by atoms with Gasteiger partial charge in [0.1, 0.15) is 5.41 Å². The van der Waals surface area contributed by atoms with Crippen molar-refractivity contribution in [3.05, 3.63) is 0 Å². The lowest BCUT2D eigenvalue weighted by Crippen LogP contribution is -2.44. The molecule has 0 atom stereocenters. The zero-order valence-corrected chi connectivity index (χ0v) is 13.4. The van der Waals surface area contributed by atoms with Crippen molar-refractivity contribution >= 4 is 5.91 Å². The molecule has 1 N–H and O–H groups in total. The van der Waals surface area contributed by atoms with Crippen molar-refractivity contribution in [2.75, 3.05) is 26.2 Å². The standard InChI is InChI=1S/C17H29N3O/c1-2-20-11-7-15(8-12-20)13-19-16(21)17(14-18)9-5-3-4-6-10-17/h15H,2-13H2,1H3,(H,19,21). The first-order chi connectivity index (χ1) is 10.2. The predicted octanol–water partition coefficient (Wildman–Crippen LogP) is 2.70. The Kier molecular flexibility index (Phi) is 6.05. The average molecular weight is 291 g/mol. The van der Waals surface area contributed by atoms with Crippen LogP contribution in [0.15, 0.2) is 0 Å². The number of nitrogens with zero attached hydrogens (tertiary/aromatic N) is 2. The molecule has 2 rings (SSSR count). The largest absolute Gasteiger partial charge is 0.354 e. The van der Waals surface area contributed by atoms with Crippen LogP contribution in [0.4, 0.5) is 0 Å². The quantitative estimate of drug-likeness (QED) is 0.810. The number of carbonyl (C=O) groups excluding carboxylic acids is 1. The summed E-state index contributed by atoms with van der Waals surface area (Å²) in [6.07, 6.45) is 8.14. The minimum absolute atomic E-state index is 0.00942. The molecule has 1 amide bonds. The van der Waals surface area contributed by atoms with Crippen LogP contribution in [-0.4, -0.2) is 37.0 Å². The van der Waals surface area contributed by atoms with Gasteiger partial charge in [-0.3, -0.25) is 4.79 Å². The predicted molar refractivity (Wildman–Crippen MR) is 83.6 cm³/mol. The molecule has 4 heteroatoms. The number of nitriles is 1. The van der Waals surface area contributed by atoms with Crippen LogP contribution >= 0.6 is 0 Å². The van der Waals surface area contributed by atoms with Gasteiger partial charge in [-0.25, -0.2) is 0 Å². The molecule has 118 valence electrons. The molecule has 2 fully saturated rings. The van der Waals surface area contributed by atoms with Gasteiger partial charge in [0.25, 0.3) is 0 Å². The second-order valence-electron chi connectivity index (χ2n) is 6.70. The fourth-order valence-electron chi connectivity index (χ4n) is 3.63. The monoisotopic (exact) mass is 291 g/mol. The SMILES string of the molecule is CCN1CCC(CNC(=O)C2(C#N)CCCCCC2)CC1. The van der Waals surface area contributed by atoms with Crippen LogP contribution in [0.2, 0.25) is 0 Å². The summed E-state index contributed by atoms with van der Waals surface area (Å²) in [6.45, 7) is 6.35. The number of nitrogens with one attached hydrogen (secondary N) is 1. The molecule has 0 aromatic heterocycles. The molecule has 4 nitrogen and oxygen atoms in total. The van der Waals surface area contributed by atoms with Crippen molar-refractivity contribution in [3.63, 3.8) is 0 Å². The van der Waals surface area contributed by atoms with Crippen molar-refractivity contribution in [1.82, 2.24) is 10.2 Å². The highest BCUT2D eigenvalue weighted by atomic mass is 16.2. The second-order valence-corrected chi connectivity index (χ2v) is 6.70. The number of rotatable bonds is 4. The summed E-state index contributed by atoms with van der Waals surface area (Å²) in [6, 6.07) is 2.34. The van der Waals surface area contributed by atoms with Gasteiger partial charge >= 0.3 is 0 Å². The Bertz CT molecular complexity index is 372. The van der Waals surface area contributed by atoms with E-state index in [4.69, 9.17) is 0 Å². The van der Waals surface area contributed by atoms with Crippen LogP contribution in [0.1, 0.15) is 58.3 Å². The van der Waals surface area contributed by atoms with Crippen LogP contribution in [0.5, 0.6) is 0 Å². The topological polar surface area (TPSA) is 56.1 Å². The van der Waals surface area contributed by atoms with Crippen molar-refractivity contribution in [1.29, 1.82) is 5.26 Å². The number of hydrogen-bond donors (Lipinski definition) is 1. The lowest BCUT2D eigenvalue weighted by atomic mass is 9.80. The fraction of sp³-hybridized carbons (Fsp3) is 0.882. The normalized spacial score (nSPS) is 24.0. The maximum atomic E-state index is 12.5. The molecule has 0 bridgehead atoms. The lowest BCUT2D eigenvalue weighted by molar-refractivity contribution is -0.129. The van der Waals surface area contributed by atoms with Crippen molar-refractivity contribution in [2.24, 2.45) is 11.3 Å². The first kappa shape index (κ1) is 16.3. The van der Waals surface area contributed by atoms with Crippen LogP contribution in [0.3, 0.4) is 0 Å². The molecule has 0 radical (unpaired) electrons. The lowest BCUT2D eigenvalue weighted by Gasteiger charge is -2.32.